The quantitative estimate of drug-likeness (QED) is 0.169. The molecule has 0 bridgehead atoms. The van der Waals surface area contributed by atoms with Gasteiger partial charge in [-0.25, -0.2) is 10.5 Å². The number of hydrogen-bond donors (Lipinski definition) is 0. The van der Waals surface area contributed by atoms with Crippen molar-refractivity contribution in [2.75, 3.05) is 0 Å². The van der Waals surface area contributed by atoms with E-state index in [1.54, 1.807) is 6.33 Å². The van der Waals surface area contributed by atoms with Crippen LogP contribution in [0, 0.1) is 19.1 Å². The fourth-order valence-electron chi connectivity index (χ4n) is 3.76. The van der Waals surface area contributed by atoms with E-state index in [1.165, 1.54) is 21.5 Å². The van der Waals surface area contributed by atoms with Crippen molar-refractivity contribution in [3.05, 3.63) is 90.9 Å². The maximum Gasteiger partial charge on any atom is 0.193 e. The molecule has 30 heavy (non-hydrogen) atoms. The molecule has 0 fully saturated rings. The van der Waals surface area contributed by atoms with Crippen LogP contribution in [0.1, 0.15) is 5.56 Å². The van der Waals surface area contributed by atoms with Crippen LogP contribution < -0.4 is 4.68 Å². The minimum absolute atomic E-state index is 0. The third-order valence-electron chi connectivity index (χ3n) is 5.23. The SMILES string of the molecule is Cc1ccc(-c2[c-]ccc3c2ccc2ccccc23)[c-]c1-c1cncn[n+]1C.[B].[Y]. The van der Waals surface area contributed by atoms with Gasteiger partial charge in [0, 0.05) is 46.2 Å². The summed E-state index contributed by atoms with van der Waals surface area (Å²) in [4.78, 5) is 4.19. The zero-order valence-electron chi connectivity index (χ0n) is 16.9. The second-order valence-electron chi connectivity index (χ2n) is 6.95. The molecule has 0 N–H and O–H groups in total. The first-order valence-electron chi connectivity index (χ1n) is 9.24. The molecular weight excluding hydrogens is 442 g/mol. The summed E-state index contributed by atoms with van der Waals surface area (Å²) in [6.45, 7) is 2.09. The summed E-state index contributed by atoms with van der Waals surface area (Å²) in [5.41, 5.74) is 5.16. The molecule has 0 unspecified atom stereocenters. The number of aromatic nitrogens is 3. The molecule has 3 nitrogen and oxygen atoms in total. The molecule has 140 valence electrons. The molecule has 0 aliphatic heterocycles. The number of nitrogens with zero attached hydrogens (tertiary/aromatic N) is 3. The number of hydrogen-bond acceptors (Lipinski definition) is 2. The molecule has 5 heteroatoms. The first kappa shape index (κ1) is 22.3. The largest absolute Gasteiger partial charge is 0.240 e. The van der Waals surface area contributed by atoms with Gasteiger partial charge in [-0.15, -0.1) is 39.2 Å². The van der Waals surface area contributed by atoms with Crippen molar-refractivity contribution in [2.45, 2.75) is 6.92 Å². The molecule has 0 spiro atoms. The molecule has 0 aliphatic rings. The fraction of sp³-hybridized carbons (Fsp3) is 0.0800. The number of rotatable bonds is 2. The molecule has 1 aromatic heterocycles. The Hall–Kier alpha value is -2.42. The maximum absolute atomic E-state index is 4.26. The predicted octanol–water partition coefficient (Wildman–Crippen LogP) is 4.47. The van der Waals surface area contributed by atoms with Gasteiger partial charge in [0.1, 0.15) is 0 Å². The Kier molecular flexibility index (Phi) is 6.80. The van der Waals surface area contributed by atoms with E-state index in [9.17, 15) is 0 Å². The summed E-state index contributed by atoms with van der Waals surface area (Å²) in [6.07, 6.45) is 3.38. The van der Waals surface area contributed by atoms with E-state index >= 15 is 0 Å². The summed E-state index contributed by atoms with van der Waals surface area (Å²) in [5, 5.41) is 9.17. The molecule has 0 aliphatic carbocycles. The van der Waals surface area contributed by atoms with Crippen molar-refractivity contribution < 1.29 is 37.4 Å². The second-order valence-corrected chi connectivity index (χ2v) is 6.95. The maximum atomic E-state index is 4.26. The predicted molar refractivity (Wildman–Crippen MR) is 117 cm³/mol. The van der Waals surface area contributed by atoms with E-state index < -0.39 is 0 Å². The first-order valence-corrected chi connectivity index (χ1v) is 9.24. The van der Waals surface area contributed by atoms with Gasteiger partial charge in [0.2, 0.25) is 0 Å². The Labute approximate surface area is 203 Å². The van der Waals surface area contributed by atoms with Gasteiger partial charge in [-0.05, 0) is 10.8 Å². The summed E-state index contributed by atoms with van der Waals surface area (Å²) in [5.74, 6) is 0. The molecule has 1 heterocycles. The minimum atomic E-state index is 0. The second kappa shape index (κ2) is 9.16. The Morgan fingerprint density at radius 1 is 0.867 bits per heavy atom. The molecule has 5 rings (SSSR count). The Morgan fingerprint density at radius 3 is 2.53 bits per heavy atom. The summed E-state index contributed by atoms with van der Waals surface area (Å²) in [7, 11) is 1.92. The van der Waals surface area contributed by atoms with Crippen LogP contribution in [0.3, 0.4) is 0 Å². The van der Waals surface area contributed by atoms with Gasteiger partial charge < -0.3 is 0 Å². The minimum Gasteiger partial charge on any atom is -0.240 e. The van der Waals surface area contributed by atoms with E-state index in [4.69, 9.17) is 0 Å². The van der Waals surface area contributed by atoms with Crippen molar-refractivity contribution in [3.8, 4) is 22.4 Å². The molecule has 4 aromatic carbocycles. The Bertz CT molecular complexity index is 1350. The average Bonchev–Trinajstić information content (AvgIpc) is 2.74. The molecule has 5 aromatic rings. The van der Waals surface area contributed by atoms with Gasteiger partial charge in [-0.1, -0.05) is 42.8 Å². The van der Waals surface area contributed by atoms with Gasteiger partial charge in [0.15, 0.2) is 19.1 Å². The molecule has 0 atom stereocenters. The van der Waals surface area contributed by atoms with Crippen LogP contribution >= 0.6 is 0 Å². The first-order chi connectivity index (χ1) is 13.7. The van der Waals surface area contributed by atoms with Crippen LogP contribution in [0.5, 0.6) is 0 Å². The van der Waals surface area contributed by atoms with E-state index in [2.05, 4.69) is 83.7 Å². The summed E-state index contributed by atoms with van der Waals surface area (Å²) >= 11 is 0. The van der Waals surface area contributed by atoms with Crippen molar-refractivity contribution in [3.63, 3.8) is 0 Å². The number of benzene rings is 4. The zero-order chi connectivity index (χ0) is 19.1. The molecule has 0 amide bonds. The molecule has 0 saturated carbocycles. The third-order valence-corrected chi connectivity index (χ3v) is 5.23. The van der Waals surface area contributed by atoms with Crippen molar-refractivity contribution in [1.82, 2.24) is 10.1 Å². The van der Waals surface area contributed by atoms with E-state index in [0.29, 0.717) is 0 Å². The van der Waals surface area contributed by atoms with Crippen molar-refractivity contribution >= 4 is 30.0 Å². The van der Waals surface area contributed by atoms with Crippen LogP contribution in [0.15, 0.2) is 73.2 Å². The standard InChI is InChI=1S/C25H18N3.B.Y/c1-17-10-11-19(14-24(17)25-15-26-16-27-28(25)2)21-8-5-9-22-20-7-4-3-6-18(20)12-13-23(21)22;;/h3-7,9-13,15-16H,1-2H3;;/q-1;;. The topological polar surface area (TPSA) is 29.7 Å². The zero-order valence-corrected chi connectivity index (χ0v) is 19.8. The van der Waals surface area contributed by atoms with Crippen LogP contribution in [-0.4, -0.2) is 18.5 Å². The molecular formula is C25H18BN3Y-. The van der Waals surface area contributed by atoms with Crippen LogP contribution in [0.2, 0.25) is 0 Å². The molecule has 0 saturated heterocycles. The van der Waals surface area contributed by atoms with Gasteiger partial charge in [-0.2, -0.15) is 29.8 Å². The van der Waals surface area contributed by atoms with Gasteiger partial charge >= 0.3 is 0 Å². The van der Waals surface area contributed by atoms with Gasteiger partial charge in [0.05, 0.1) is 6.20 Å². The summed E-state index contributed by atoms with van der Waals surface area (Å²) < 4.78 is 1.83. The number of aryl methyl sites for hydroxylation is 2. The van der Waals surface area contributed by atoms with E-state index in [0.717, 1.165) is 27.9 Å². The van der Waals surface area contributed by atoms with E-state index in [-0.39, 0.29) is 41.1 Å². The van der Waals surface area contributed by atoms with Crippen LogP contribution in [-0.2, 0) is 39.8 Å². The molecule has 4 radical (unpaired) electrons. The normalized spacial score (nSPS) is 10.5. The van der Waals surface area contributed by atoms with Gasteiger partial charge in [0.25, 0.3) is 0 Å². The monoisotopic (exact) mass is 460 g/mol. The van der Waals surface area contributed by atoms with E-state index in [1.807, 2.05) is 24.0 Å². The fourth-order valence-corrected chi connectivity index (χ4v) is 3.76. The number of fused-ring (bicyclic) bond motifs is 3. The average molecular weight is 460 g/mol. The van der Waals surface area contributed by atoms with Crippen molar-refractivity contribution in [2.24, 2.45) is 7.05 Å². The Morgan fingerprint density at radius 2 is 1.70 bits per heavy atom. The van der Waals surface area contributed by atoms with Crippen molar-refractivity contribution in [1.29, 1.82) is 0 Å². The third kappa shape index (κ3) is 3.82. The smallest absolute Gasteiger partial charge is 0.193 e. The van der Waals surface area contributed by atoms with Crippen LogP contribution in [0.4, 0.5) is 0 Å². The van der Waals surface area contributed by atoms with Crippen LogP contribution in [0.25, 0.3) is 43.9 Å². The Balaban J connectivity index is 0.00000128. The summed E-state index contributed by atoms with van der Waals surface area (Å²) in [6, 6.07) is 28.3. The van der Waals surface area contributed by atoms with Gasteiger partial charge in [-0.3, -0.25) is 0 Å².